The van der Waals surface area contributed by atoms with Crippen molar-refractivity contribution < 1.29 is 14.3 Å². The van der Waals surface area contributed by atoms with Gasteiger partial charge in [-0.2, -0.15) is 0 Å². The zero-order chi connectivity index (χ0) is 14.9. The van der Waals surface area contributed by atoms with E-state index in [-0.39, 0.29) is 5.97 Å². The van der Waals surface area contributed by atoms with Crippen LogP contribution in [0.25, 0.3) is 6.08 Å². The van der Waals surface area contributed by atoms with E-state index >= 15 is 0 Å². The third kappa shape index (κ3) is 15.6. The Balaban J connectivity index is 0. The van der Waals surface area contributed by atoms with Crippen LogP contribution in [-0.4, -0.2) is 18.9 Å². The number of allylic oxidation sites excluding steroid dienone is 1. The summed E-state index contributed by atoms with van der Waals surface area (Å²) in [6.45, 7) is 12.1. The highest BCUT2D eigenvalue weighted by Crippen LogP contribution is 1.97. The van der Waals surface area contributed by atoms with Crippen molar-refractivity contribution in [3.63, 3.8) is 0 Å². The molecule has 102 valence electrons. The molecule has 1 rings (SSSR count). The highest BCUT2D eigenvalue weighted by atomic mass is 16.5. The monoisotopic (exact) mass is 260 g/mol. The van der Waals surface area contributed by atoms with Gasteiger partial charge in [0.05, 0.1) is 6.61 Å². The molecule has 0 fully saturated rings. The number of ether oxygens (including phenoxy) is 1. The average Bonchev–Trinajstić information content (AvgIpc) is 2.49. The molecule has 0 unspecified atom stereocenters. The molecular weight excluding hydrogens is 240 g/mol. The zero-order valence-corrected chi connectivity index (χ0v) is 11.2. The largest absolute Gasteiger partial charge is 0.463 e. The van der Waals surface area contributed by atoms with Gasteiger partial charge in [0.15, 0.2) is 0 Å². The van der Waals surface area contributed by atoms with Gasteiger partial charge in [0.2, 0.25) is 0 Å². The highest BCUT2D eigenvalue weighted by molar-refractivity contribution is 5.81. The molecule has 0 atom stereocenters. The molecule has 0 amide bonds. The number of carbonyl (C=O) groups excluding carboxylic acids is 2. The second-order valence-corrected chi connectivity index (χ2v) is 2.94. The van der Waals surface area contributed by atoms with E-state index in [1.54, 1.807) is 6.92 Å². The van der Waals surface area contributed by atoms with Crippen molar-refractivity contribution in [2.45, 2.75) is 6.92 Å². The maximum absolute atomic E-state index is 10.1. The molecule has 3 heteroatoms. The molecule has 0 aliphatic rings. The van der Waals surface area contributed by atoms with E-state index in [1.807, 2.05) is 36.4 Å². The minimum absolute atomic E-state index is 0.359. The van der Waals surface area contributed by atoms with Crippen molar-refractivity contribution >= 4 is 18.3 Å². The minimum Gasteiger partial charge on any atom is -0.463 e. The second-order valence-electron chi connectivity index (χ2n) is 2.94. The molecule has 0 saturated heterocycles. The normalized spacial score (nSPS) is 7.42. The summed E-state index contributed by atoms with van der Waals surface area (Å²) in [5.41, 5.74) is 1.17. The molecule has 1 aromatic carbocycles. The van der Waals surface area contributed by atoms with Crippen LogP contribution in [-0.2, 0) is 14.3 Å². The Kier molecular flexibility index (Phi) is 15.5. The van der Waals surface area contributed by atoms with Gasteiger partial charge in [0.25, 0.3) is 0 Å². The van der Waals surface area contributed by atoms with Crippen LogP contribution in [0.4, 0.5) is 0 Å². The molecule has 0 aliphatic heterocycles. The summed E-state index contributed by atoms with van der Waals surface area (Å²) in [5, 5.41) is 0. The molecule has 19 heavy (non-hydrogen) atoms. The van der Waals surface area contributed by atoms with Gasteiger partial charge in [0.1, 0.15) is 6.29 Å². The van der Waals surface area contributed by atoms with E-state index in [9.17, 15) is 4.79 Å². The van der Waals surface area contributed by atoms with Crippen LogP contribution >= 0.6 is 0 Å². The fraction of sp³-hybridized carbons (Fsp3) is 0.125. The second kappa shape index (κ2) is 15.6. The number of hydrogen-bond donors (Lipinski definition) is 0. The van der Waals surface area contributed by atoms with Gasteiger partial charge in [-0.05, 0) is 18.6 Å². The first-order valence-corrected chi connectivity index (χ1v) is 5.69. The molecule has 0 N–H and O–H groups in total. The van der Waals surface area contributed by atoms with Crippen LogP contribution in [0.2, 0.25) is 0 Å². The van der Waals surface area contributed by atoms with Gasteiger partial charge in [0, 0.05) is 6.08 Å². The van der Waals surface area contributed by atoms with Crippen LogP contribution in [0.1, 0.15) is 12.5 Å². The number of benzene rings is 1. The molecule has 0 bridgehead atoms. The van der Waals surface area contributed by atoms with E-state index in [1.165, 1.54) is 11.6 Å². The first kappa shape index (κ1) is 18.9. The Labute approximate surface area is 114 Å². The Morgan fingerprint density at radius 3 is 1.95 bits per heavy atom. The van der Waals surface area contributed by atoms with Crippen LogP contribution in [0.3, 0.4) is 0 Å². The van der Waals surface area contributed by atoms with Crippen LogP contribution < -0.4 is 0 Å². The van der Waals surface area contributed by atoms with Gasteiger partial charge >= 0.3 is 5.97 Å². The van der Waals surface area contributed by atoms with Crippen LogP contribution in [0, 0.1) is 0 Å². The standard InChI is InChI=1S/C8H8.C5H8O2.C3H4O/c1-2-8-6-4-3-5-7-8;1-3-5(6)7-4-2;1-2-3-4/h2-7H,1H2;3H,1,4H2,2H3;2-3H,1H2. The van der Waals surface area contributed by atoms with E-state index in [2.05, 4.69) is 24.5 Å². The Morgan fingerprint density at radius 1 is 1.21 bits per heavy atom. The van der Waals surface area contributed by atoms with Crippen molar-refractivity contribution in [1.82, 2.24) is 0 Å². The Hall–Kier alpha value is -2.42. The quantitative estimate of drug-likeness (QED) is 0.473. The highest BCUT2D eigenvalue weighted by Gasteiger charge is 1.86. The van der Waals surface area contributed by atoms with Gasteiger partial charge in [-0.1, -0.05) is 56.1 Å². The molecule has 0 heterocycles. The van der Waals surface area contributed by atoms with Gasteiger partial charge < -0.3 is 4.74 Å². The lowest BCUT2D eigenvalue weighted by Gasteiger charge is -1.90. The van der Waals surface area contributed by atoms with E-state index in [0.717, 1.165) is 6.08 Å². The van der Waals surface area contributed by atoms with Gasteiger partial charge in [-0.25, -0.2) is 4.79 Å². The lowest BCUT2D eigenvalue weighted by atomic mass is 10.2. The van der Waals surface area contributed by atoms with Crippen molar-refractivity contribution in [2.24, 2.45) is 0 Å². The van der Waals surface area contributed by atoms with E-state index < -0.39 is 0 Å². The first-order chi connectivity index (χ1) is 9.15. The average molecular weight is 260 g/mol. The molecule has 0 aromatic heterocycles. The zero-order valence-electron chi connectivity index (χ0n) is 11.2. The summed E-state index contributed by atoms with van der Waals surface area (Å²) < 4.78 is 4.43. The summed E-state index contributed by atoms with van der Waals surface area (Å²) in [6, 6.07) is 10.0. The maximum atomic E-state index is 10.1. The number of esters is 1. The number of hydrogen-bond acceptors (Lipinski definition) is 3. The molecule has 1 aromatic rings. The van der Waals surface area contributed by atoms with E-state index in [4.69, 9.17) is 4.79 Å². The molecule has 0 radical (unpaired) electrons. The summed E-state index contributed by atoms with van der Waals surface area (Å²) >= 11 is 0. The SMILES string of the molecule is C=CC(=O)OCC.C=CC=O.C=Cc1ccccc1. The van der Waals surface area contributed by atoms with E-state index in [0.29, 0.717) is 12.9 Å². The number of aldehydes is 1. The fourth-order valence-electron chi connectivity index (χ4n) is 0.790. The lowest BCUT2D eigenvalue weighted by Crippen LogP contribution is -1.97. The van der Waals surface area contributed by atoms with Gasteiger partial charge in [-0.15, -0.1) is 0 Å². The Bertz CT molecular complexity index is 374. The molecule has 0 spiro atoms. The lowest BCUT2D eigenvalue weighted by molar-refractivity contribution is -0.137. The molecule has 3 nitrogen and oxygen atoms in total. The number of carbonyl (C=O) groups is 2. The van der Waals surface area contributed by atoms with Crippen molar-refractivity contribution in [1.29, 1.82) is 0 Å². The first-order valence-electron chi connectivity index (χ1n) is 5.69. The number of rotatable bonds is 4. The minimum atomic E-state index is -0.359. The summed E-state index contributed by atoms with van der Waals surface area (Å²) in [5.74, 6) is -0.359. The van der Waals surface area contributed by atoms with Crippen molar-refractivity contribution in [3.8, 4) is 0 Å². The van der Waals surface area contributed by atoms with Crippen molar-refractivity contribution in [3.05, 3.63) is 67.8 Å². The maximum Gasteiger partial charge on any atom is 0.330 e. The smallest absolute Gasteiger partial charge is 0.330 e. The molecular formula is C16H20O3. The van der Waals surface area contributed by atoms with Crippen LogP contribution in [0.5, 0.6) is 0 Å². The Morgan fingerprint density at radius 2 is 1.74 bits per heavy atom. The summed E-state index contributed by atoms with van der Waals surface area (Å²) in [7, 11) is 0. The fourth-order valence-corrected chi connectivity index (χ4v) is 0.790. The van der Waals surface area contributed by atoms with Crippen molar-refractivity contribution in [2.75, 3.05) is 6.61 Å². The predicted molar refractivity (Wildman–Crippen MR) is 79.6 cm³/mol. The van der Waals surface area contributed by atoms with Gasteiger partial charge in [-0.3, -0.25) is 4.79 Å². The predicted octanol–water partition coefficient (Wildman–Crippen LogP) is 3.44. The topological polar surface area (TPSA) is 43.4 Å². The third-order valence-electron chi connectivity index (χ3n) is 1.58. The summed E-state index contributed by atoms with van der Waals surface area (Å²) in [6.07, 6.45) is 4.81. The van der Waals surface area contributed by atoms with Crippen LogP contribution in [0.15, 0.2) is 62.2 Å². The molecule has 0 aliphatic carbocycles. The third-order valence-corrected chi connectivity index (χ3v) is 1.58. The molecule has 0 saturated carbocycles. The summed E-state index contributed by atoms with van der Waals surface area (Å²) in [4.78, 5) is 19.1.